The van der Waals surface area contributed by atoms with Crippen LogP contribution in [0.1, 0.15) is 64.7 Å². The highest BCUT2D eigenvalue weighted by molar-refractivity contribution is 14.1. The Hall–Kier alpha value is -1.98. The summed E-state index contributed by atoms with van der Waals surface area (Å²) in [4.78, 5) is 39.7. The third kappa shape index (κ3) is 7.76. The number of carbonyl (C=O) groups is 3. The lowest BCUT2D eigenvalue weighted by atomic mass is 9.85. The van der Waals surface area contributed by atoms with Crippen LogP contribution in [0.25, 0.3) is 0 Å². The van der Waals surface area contributed by atoms with E-state index in [1.807, 2.05) is 24.3 Å². The van der Waals surface area contributed by atoms with Crippen molar-refractivity contribution in [1.29, 1.82) is 0 Å². The summed E-state index contributed by atoms with van der Waals surface area (Å²) < 4.78 is 7.07. The Morgan fingerprint density at radius 3 is 2.53 bits per heavy atom. The molecule has 198 valence electrons. The van der Waals surface area contributed by atoms with Crippen molar-refractivity contribution in [1.82, 2.24) is 10.2 Å². The van der Waals surface area contributed by atoms with Gasteiger partial charge >= 0.3 is 0 Å². The number of nitrogens with one attached hydrogen (secondary N) is 1. The van der Waals surface area contributed by atoms with Crippen molar-refractivity contribution in [2.45, 2.75) is 89.0 Å². The number of aliphatic hydroxyl groups excluding tert-OH is 2. The van der Waals surface area contributed by atoms with Gasteiger partial charge in [0.2, 0.25) is 11.8 Å². The van der Waals surface area contributed by atoms with Crippen LogP contribution in [-0.4, -0.2) is 70.2 Å². The first-order chi connectivity index (χ1) is 17.3. The Kier molecular flexibility index (Phi) is 11.2. The summed E-state index contributed by atoms with van der Waals surface area (Å²) >= 11 is 2.16. The van der Waals surface area contributed by atoms with Gasteiger partial charge < -0.3 is 30.0 Å². The molecule has 2 aliphatic rings. The fourth-order valence-corrected chi connectivity index (χ4v) is 5.59. The van der Waals surface area contributed by atoms with Crippen LogP contribution in [-0.2, 0) is 14.4 Å². The SMILES string of the molecule is CC(=O)CCCC(=O)N(C1CCCCC1)[C@@H]1CC(C(=O)NCCO)=C[C@H](Oc2ccccc2I)[C@H]1O. The van der Waals surface area contributed by atoms with Crippen molar-refractivity contribution < 1.29 is 29.3 Å². The molecule has 0 saturated heterocycles. The summed E-state index contributed by atoms with van der Waals surface area (Å²) in [6, 6.07) is 6.78. The van der Waals surface area contributed by atoms with E-state index in [1.54, 1.807) is 11.0 Å². The van der Waals surface area contributed by atoms with Crippen molar-refractivity contribution in [3.05, 3.63) is 39.5 Å². The maximum Gasteiger partial charge on any atom is 0.247 e. The lowest BCUT2D eigenvalue weighted by Gasteiger charge is -2.45. The molecule has 3 N–H and O–H groups in total. The molecule has 1 aromatic rings. The van der Waals surface area contributed by atoms with Crippen molar-refractivity contribution in [3.63, 3.8) is 0 Å². The maximum absolute atomic E-state index is 13.5. The maximum atomic E-state index is 13.5. The number of benzene rings is 1. The summed E-state index contributed by atoms with van der Waals surface area (Å²) in [5.41, 5.74) is 0.423. The third-order valence-electron chi connectivity index (χ3n) is 6.85. The summed E-state index contributed by atoms with van der Waals surface area (Å²) in [5, 5.41) is 23.4. The van der Waals surface area contributed by atoms with Gasteiger partial charge in [0.15, 0.2) is 0 Å². The van der Waals surface area contributed by atoms with Crippen LogP contribution < -0.4 is 10.1 Å². The predicted molar refractivity (Wildman–Crippen MR) is 144 cm³/mol. The van der Waals surface area contributed by atoms with Gasteiger partial charge in [0, 0.05) is 37.4 Å². The number of hydrogen-bond acceptors (Lipinski definition) is 6. The molecule has 8 nitrogen and oxygen atoms in total. The van der Waals surface area contributed by atoms with Crippen LogP contribution in [0.5, 0.6) is 5.75 Å². The molecule has 0 heterocycles. The number of aliphatic hydroxyl groups is 2. The second-order valence-electron chi connectivity index (χ2n) is 9.59. The van der Waals surface area contributed by atoms with E-state index in [4.69, 9.17) is 9.84 Å². The van der Waals surface area contributed by atoms with E-state index in [9.17, 15) is 19.5 Å². The highest BCUT2D eigenvalue weighted by Gasteiger charge is 2.43. The third-order valence-corrected chi connectivity index (χ3v) is 7.74. The zero-order valence-electron chi connectivity index (χ0n) is 20.8. The molecule has 0 spiro atoms. The summed E-state index contributed by atoms with van der Waals surface area (Å²) in [6.45, 7) is 1.45. The first-order valence-electron chi connectivity index (χ1n) is 12.8. The van der Waals surface area contributed by atoms with Crippen LogP contribution in [0.15, 0.2) is 35.9 Å². The standard InChI is InChI=1S/C27H37IN2O6/c1-18(32)8-7-13-25(33)30(20-9-3-2-4-10-20)22-16-19(27(35)29-14-15-31)17-24(26(22)34)36-23-12-6-5-11-21(23)28/h5-6,11-12,17,20,22,24,26,31,34H,2-4,7-10,13-16H2,1H3,(H,29,35)/t22-,24+,26+/m1/s1. The second-order valence-corrected chi connectivity index (χ2v) is 10.8. The average Bonchev–Trinajstić information content (AvgIpc) is 2.86. The van der Waals surface area contributed by atoms with Gasteiger partial charge in [-0.15, -0.1) is 0 Å². The number of Topliss-reactive ketones (excluding diaryl/α,β-unsaturated/α-hetero) is 1. The number of rotatable bonds is 11. The molecule has 0 aliphatic heterocycles. The minimum absolute atomic E-state index is 0.0272. The van der Waals surface area contributed by atoms with Crippen LogP contribution in [0, 0.1) is 3.57 Å². The fraction of sp³-hybridized carbons (Fsp3) is 0.593. The molecule has 0 unspecified atom stereocenters. The molecule has 1 saturated carbocycles. The number of halogens is 1. The van der Waals surface area contributed by atoms with Gasteiger partial charge in [-0.1, -0.05) is 31.4 Å². The largest absolute Gasteiger partial charge is 0.482 e. The molecule has 0 aromatic heterocycles. The van der Waals surface area contributed by atoms with Crippen LogP contribution >= 0.6 is 22.6 Å². The number of nitrogens with zero attached hydrogens (tertiary/aromatic N) is 1. The van der Waals surface area contributed by atoms with E-state index in [0.29, 0.717) is 24.2 Å². The molecule has 2 aliphatic carbocycles. The van der Waals surface area contributed by atoms with Crippen molar-refractivity contribution in [2.24, 2.45) is 0 Å². The minimum Gasteiger partial charge on any atom is -0.482 e. The van der Waals surface area contributed by atoms with E-state index in [-0.39, 0.29) is 49.6 Å². The van der Waals surface area contributed by atoms with Crippen molar-refractivity contribution in [2.75, 3.05) is 13.2 Å². The molecule has 9 heteroatoms. The zero-order chi connectivity index (χ0) is 26.1. The van der Waals surface area contributed by atoms with Gasteiger partial charge in [0.05, 0.1) is 16.2 Å². The summed E-state index contributed by atoms with van der Waals surface area (Å²) in [5.74, 6) is 0.190. The van der Waals surface area contributed by atoms with Gasteiger partial charge in [0.1, 0.15) is 23.7 Å². The Bertz CT molecular complexity index is 946. The van der Waals surface area contributed by atoms with E-state index >= 15 is 0 Å². The topological polar surface area (TPSA) is 116 Å². The monoisotopic (exact) mass is 612 g/mol. The van der Waals surface area contributed by atoms with E-state index in [0.717, 1.165) is 35.7 Å². The van der Waals surface area contributed by atoms with Gasteiger partial charge in [-0.3, -0.25) is 9.59 Å². The Balaban J connectivity index is 1.92. The van der Waals surface area contributed by atoms with Gasteiger partial charge in [-0.2, -0.15) is 0 Å². The van der Waals surface area contributed by atoms with Crippen LogP contribution in [0.3, 0.4) is 0 Å². The molecule has 0 bridgehead atoms. The smallest absolute Gasteiger partial charge is 0.247 e. The van der Waals surface area contributed by atoms with Gasteiger partial charge in [-0.05, 0) is 67.0 Å². The first-order valence-corrected chi connectivity index (χ1v) is 13.9. The molecular formula is C27H37IN2O6. The van der Waals surface area contributed by atoms with Crippen molar-refractivity contribution >= 4 is 40.2 Å². The van der Waals surface area contributed by atoms with E-state index in [1.165, 1.54) is 6.92 Å². The molecule has 36 heavy (non-hydrogen) atoms. The minimum atomic E-state index is -1.03. The quantitative estimate of drug-likeness (QED) is 0.331. The molecular weight excluding hydrogens is 575 g/mol. The summed E-state index contributed by atoms with van der Waals surface area (Å²) in [6.07, 6.45) is 5.81. The first kappa shape index (κ1) is 28.6. The van der Waals surface area contributed by atoms with Crippen molar-refractivity contribution in [3.8, 4) is 5.75 Å². The van der Waals surface area contributed by atoms with Gasteiger partial charge in [-0.25, -0.2) is 0 Å². The number of ether oxygens (including phenoxy) is 1. The predicted octanol–water partition coefficient (Wildman–Crippen LogP) is 3.13. The Morgan fingerprint density at radius 1 is 1.14 bits per heavy atom. The lowest BCUT2D eigenvalue weighted by Crippen LogP contribution is -2.58. The molecule has 3 rings (SSSR count). The van der Waals surface area contributed by atoms with E-state index in [2.05, 4.69) is 27.9 Å². The molecule has 0 radical (unpaired) electrons. The second kappa shape index (κ2) is 14.1. The van der Waals surface area contributed by atoms with E-state index < -0.39 is 18.2 Å². The normalized spacial score (nSPS) is 22.4. The highest BCUT2D eigenvalue weighted by Crippen LogP contribution is 2.34. The number of hydrogen-bond donors (Lipinski definition) is 3. The fourth-order valence-electron chi connectivity index (χ4n) is 5.07. The highest BCUT2D eigenvalue weighted by atomic mass is 127. The molecule has 1 fully saturated rings. The Morgan fingerprint density at radius 2 is 1.86 bits per heavy atom. The molecule has 3 atom stereocenters. The molecule has 2 amide bonds. The van der Waals surface area contributed by atoms with Gasteiger partial charge in [0.25, 0.3) is 0 Å². The zero-order valence-corrected chi connectivity index (χ0v) is 23.0. The number of ketones is 1. The number of carbonyl (C=O) groups excluding carboxylic acids is 3. The summed E-state index contributed by atoms with van der Waals surface area (Å²) in [7, 11) is 0. The molecule has 1 aromatic carbocycles. The number of para-hydroxylation sites is 1. The average molecular weight is 613 g/mol. The van der Waals surface area contributed by atoms with Crippen LogP contribution in [0.2, 0.25) is 0 Å². The number of amides is 2. The Labute approximate surface area is 226 Å². The lowest BCUT2D eigenvalue weighted by molar-refractivity contribution is -0.143. The van der Waals surface area contributed by atoms with Crippen LogP contribution in [0.4, 0.5) is 0 Å².